The van der Waals surface area contributed by atoms with Crippen molar-refractivity contribution in [1.82, 2.24) is 10.2 Å². The van der Waals surface area contributed by atoms with Crippen LogP contribution >= 0.6 is 11.3 Å². The van der Waals surface area contributed by atoms with Crippen molar-refractivity contribution in [1.29, 1.82) is 0 Å². The minimum atomic E-state index is -0.0324. The Morgan fingerprint density at radius 1 is 1.40 bits per heavy atom. The standard InChI is InChI=1S/C15H22N2O2S/c1-17(2)11-5-4-10-16-15(19)14-9-8-13(20-14)7-3-6-12-18/h8-9,18H,4-6,10-12H2,1-2H3,(H,16,19). The van der Waals surface area contributed by atoms with Crippen LogP contribution in [0.5, 0.6) is 0 Å². The quantitative estimate of drug-likeness (QED) is 0.593. The van der Waals surface area contributed by atoms with E-state index in [9.17, 15) is 4.79 Å². The summed E-state index contributed by atoms with van der Waals surface area (Å²) in [6, 6.07) is 3.64. The van der Waals surface area contributed by atoms with Crippen molar-refractivity contribution in [2.45, 2.75) is 19.3 Å². The van der Waals surface area contributed by atoms with Gasteiger partial charge in [-0.3, -0.25) is 4.79 Å². The summed E-state index contributed by atoms with van der Waals surface area (Å²) >= 11 is 1.38. The van der Waals surface area contributed by atoms with Gasteiger partial charge in [-0.1, -0.05) is 11.8 Å². The Bertz CT molecular complexity index is 472. The zero-order valence-electron chi connectivity index (χ0n) is 12.1. The van der Waals surface area contributed by atoms with E-state index in [4.69, 9.17) is 5.11 Å². The van der Waals surface area contributed by atoms with Gasteiger partial charge in [0.2, 0.25) is 0 Å². The molecule has 2 N–H and O–H groups in total. The van der Waals surface area contributed by atoms with Crippen LogP contribution in [0.15, 0.2) is 12.1 Å². The van der Waals surface area contributed by atoms with Gasteiger partial charge in [-0.15, -0.1) is 11.3 Å². The highest BCUT2D eigenvalue weighted by molar-refractivity contribution is 7.14. The number of aliphatic hydroxyl groups excluding tert-OH is 1. The summed E-state index contributed by atoms with van der Waals surface area (Å²) in [5, 5.41) is 11.6. The highest BCUT2D eigenvalue weighted by Crippen LogP contribution is 2.15. The summed E-state index contributed by atoms with van der Waals surface area (Å²) in [5.74, 6) is 5.75. The van der Waals surface area contributed by atoms with Crippen LogP contribution in [-0.2, 0) is 0 Å². The predicted octanol–water partition coefficient (Wildman–Crippen LogP) is 1.55. The van der Waals surface area contributed by atoms with Crippen molar-refractivity contribution in [3.05, 3.63) is 21.9 Å². The molecule has 20 heavy (non-hydrogen) atoms. The first-order valence-corrected chi connectivity index (χ1v) is 7.57. The molecule has 1 amide bonds. The van der Waals surface area contributed by atoms with Crippen molar-refractivity contribution in [2.75, 3.05) is 33.8 Å². The number of unbranched alkanes of at least 4 members (excludes halogenated alkanes) is 1. The molecular formula is C15H22N2O2S. The minimum Gasteiger partial charge on any atom is -0.395 e. The molecule has 110 valence electrons. The molecule has 0 saturated carbocycles. The van der Waals surface area contributed by atoms with Gasteiger partial charge in [0.1, 0.15) is 0 Å². The Kier molecular flexibility index (Phi) is 7.97. The van der Waals surface area contributed by atoms with E-state index in [2.05, 4.69) is 22.1 Å². The fraction of sp³-hybridized carbons (Fsp3) is 0.533. The average molecular weight is 294 g/mol. The van der Waals surface area contributed by atoms with Gasteiger partial charge in [-0.2, -0.15) is 0 Å². The van der Waals surface area contributed by atoms with Crippen LogP contribution in [0.2, 0.25) is 0 Å². The molecule has 5 heteroatoms. The summed E-state index contributed by atoms with van der Waals surface area (Å²) in [7, 11) is 4.09. The second-order valence-corrected chi connectivity index (χ2v) is 5.79. The summed E-state index contributed by atoms with van der Waals surface area (Å²) in [5.41, 5.74) is 0. The van der Waals surface area contributed by atoms with Crippen LogP contribution in [0, 0.1) is 11.8 Å². The zero-order chi connectivity index (χ0) is 14.8. The minimum absolute atomic E-state index is 0.0324. The Morgan fingerprint density at radius 2 is 2.20 bits per heavy atom. The third kappa shape index (κ3) is 6.71. The first-order valence-electron chi connectivity index (χ1n) is 6.76. The first-order chi connectivity index (χ1) is 9.63. The van der Waals surface area contributed by atoms with Crippen LogP contribution in [0.25, 0.3) is 0 Å². The monoisotopic (exact) mass is 294 g/mol. The molecule has 0 bridgehead atoms. The smallest absolute Gasteiger partial charge is 0.261 e. The SMILES string of the molecule is CN(C)CCCCNC(=O)c1ccc(C#CCCO)s1. The van der Waals surface area contributed by atoms with E-state index in [1.807, 2.05) is 20.2 Å². The molecular weight excluding hydrogens is 272 g/mol. The molecule has 0 fully saturated rings. The summed E-state index contributed by atoms with van der Waals surface area (Å²) in [6.07, 6.45) is 2.53. The van der Waals surface area contributed by atoms with Crippen LogP contribution in [0.1, 0.15) is 33.8 Å². The molecule has 1 heterocycles. The topological polar surface area (TPSA) is 52.6 Å². The van der Waals surface area contributed by atoms with Crippen molar-refractivity contribution < 1.29 is 9.90 Å². The molecule has 0 aromatic carbocycles. The lowest BCUT2D eigenvalue weighted by Crippen LogP contribution is -2.24. The Morgan fingerprint density at radius 3 is 2.90 bits per heavy atom. The average Bonchev–Trinajstić information content (AvgIpc) is 2.87. The highest BCUT2D eigenvalue weighted by Gasteiger charge is 2.07. The number of thiophene rings is 1. The summed E-state index contributed by atoms with van der Waals surface area (Å²) < 4.78 is 0. The molecule has 0 aliphatic heterocycles. The number of hydrogen-bond acceptors (Lipinski definition) is 4. The number of aliphatic hydroxyl groups is 1. The molecule has 0 spiro atoms. The van der Waals surface area contributed by atoms with Crippen molar-refractivity contribution >= 4 is 17.2 Å². The second kappa shape index (κ2) is 9.54. The van der Waals surface area contributed by atoms with Crippen LogP contribution < -0.4 is 5.32 Å². The maximum atomic E-state index is 11.9. The number of carbonyl (C=O) groups is 1. The largest absolute Gasteiger partial charge is 0.395 e. The summed E-state index contributed by atoms with van der Waals surface area (Å²) in [6.45, 7) is 1.81. The normalized spacial score (nSPS) is 10.2. The Balaban J connectivity index is 2.32. The molecule has 4 nitrogen and oxygen atoms in total. The number of nitrogens with one attached hydrogen (secondary N) is 1. The molecule has 0 atom stereocenters. The van der Waals surface area contributed by atoms with Crippen LogP contribution in [-0.4, -0.2) is 49.7 Å². The molecule has 1 aromatic rings. The van der Waals surface area contributed by atoms with Crippen molar-refractivity contribution in [2.24, 2.45) is 0 Å². The third-order valence-electron chi connectivity index (χ3n) is 2.60. The van der Waals surface area contributed by atoms with Crippen LogP contribution in [0.3, 0.4) is 0 Å². The van der Waals surface area contributed by atoms with E-state index < -0.39 is 0 Å². The molecule has 0 unspecified atom stereocenters. The van der Waals surface area contributed by atoms with Gasteiger partial charge in [-0.05, 0) is 45.6 Å². The fourth-order valence-corrected chi connectivity index (χ4v) is 2.37. The molecule has 0 radical (unpaired) electrons. The zero-order valence-corrected chi connectivity index (χ0v) is 12.9. The molecule has 0 aliphatic carbocycles. The van der Waals surface area contributed by atoms with Gasteiger partial charge < -0.3 is 15.3 Å². The Labute approximate surface area is 124 Å². The van der Waals surface area contributed by atoms with E-state index in [1.165, 1.54) is 11.3 Å². The van der Waals surface area contributed by atoms with Gasteiger partial charge in [0.15, 0.2) is 0 Å². The Hall–Kier alpha value is -1.35. The molecule has 0 aliphatic rings. The van der Waals surface area contributed by atoms with Gasteiger partial charge in [0, 0.05) is 13.0 Å². The second-order valence-electron chi connectivity index (χ2n) is 4.71. The van der Waals surface area contributed by atoms with Gasteiger partial charge in [-0.25, -0.2) is 0 Å². The van der Waals surface area contributed by atoms with Gasteiger partial charge in [0.05, 0.1) is 16.4 Å². The van der Waals surface area contributed by atoms with Crippen molar-refractivity contribution in [3.63, 3.8) is 0 Å². The van der Waals surface area contributed by atoms with Crippen molar-refractivity contribution in [3.8, 4) is 11.8 Å². The number of amides is 1. The molecule has 1 aromatic heterocycles. The first kappa shape index (κ1) is 16.7. The molecule has 1 rings (SSSR count). The lowest BCUT2D eigenvalue weighted by atomic mass is 10.3. The van der Waals surface area contributed by atoms with Gasteiger partial charge >= 0.3 is 0 Å². The van der Waals surface area contributed by atoms with E-state index in [-0.39, 0.29) is 12.5 Å². The number of nitrogens with zero attached hydrogens (tertiary/aromatic N) is 1. The van der Waals surface area contributed by atoms with Gasteiger partial charge in [0.25, 0.3) is 5.91 Å². The van der Waals surface area contributed by atoms with E-state index >= 15 is 0 Å². The van der Waals surface area contributed by atoms with E-state index in [0.29, 0.717) is 17.8 Å². The summed E-state index contributed by atoms with van der Waals surface area (Å²) in [4.78, 5) is 15.6. The van der Waals surface area contributed by atoms with E-state index in [0.717, 1.165) is 24.3 Å². The number of carbonyl (C=O) groups excluding carboxylic acids is 1. The highest BCUT2D eigenvalue weighted by atomic mass is 32.1. The fourth-order valence-electron chi connectivity index (χ4n) is 1.57. The number of hydrogen-bond donors (Lipinski definition) is 2. The van der Waals surface area contributed by atoms with Crippen LogP contribution in [0.4, 0.5) is 0 Å². The predicted molar refractivity (Wildman–Crippen MR) is 83.0 cm³/mol. The maximum Gasteiger partial charge on any atom is 0.261 e. The lowest BCUT2D eigenvalue weighted by Gasteiger charge is -2.08. The number of rotatable bonds is 7. The van der Waals surface area contributed by atoms with E-state index in [1.54, 1.807) is 6.07 Å². The third-order valence-corrected chi connectivity index (χ3v) is 3.60. The molecule has 0 saturated heterocycles. The maximum absolute atomic E-state index is 11.9. The lowest BCUT2D eigenvalue weighted by molar-refractivity contribution is 0.0957.